The summed E-state index contributed by atoms with van der Waals surface area (Å²) in [6.45, 7) is 5.78. The number of nitrogens with zero attached hydrogens (tertiary/aromatic N) is 3. The third-order valence-corrected chi connectivity index (χ3v) is 5.95. The van der Waals surface area contributed by atoms with Gasteiger partial charge in [-0.3, -0.25) is 4.79 Å². The van der Waals surface area contributed by atoms with E-state index in [0.717, 1.165) is 28.1 Å². The molecule has 0 amide bonds. The molecule has 0 bridgehead atoms. The van der Waals surface area contributed by atoms with Crippen LogP contribution in [0.2, 0.25) is 0 Å². The highest BCUT2D eigenvalue weighted by Crippen LogP contribution is 2.21. The number of esters is 1. The monoisotopic (exact) mass is 459 g/mol. The van der Waals surface area contributed by atoms with Crippen LogP contribution in [-0.2, 0) is 11.2 Å². The van der Waals surface area contributed by atoms with Crippen LogP contribution in [0.1, 0.15) is 51.3 Å². The quantitative estimate of drug-likeness (QED) is 0.390. The van der Waals surface area contributed by atoms with Crippen LogP contribution in [0.5, 0.6) is 0 Å². The average molecular weight is 460 g/mol. The molecule has 6 nitrogen and oxygen atoms in total. The lowest BCUT2D eigenvalue weighted by Crippen LogP contribution is -2.28. The second-order valence-electron chi connectivity index (χ2n) is 8.41. The fraction of sp³-hybridized carbons (Fsp3) is 0.222. The molecular weight excluding hydrogens is 433 g/mol. The number of benzene rings is 2. The zero-order valence-electron chi connectivity index (χ0n) is 19.6. The lowest BCUT2D eigenvalue weighted by molar-refractivity contribution is 0.0599. The van der Waals surface area contributed by atoms with Crippen molar-refractivity contribution in [3.8, 4) is 5.69 Å². The van der Waals surface area contributed by atoms with Crippen LogP contribution >= 0.6 is 0 Å². The molecule has 34 heavy (non-hydrogen) atoms. The summed E-state index contributed by atoms with van der Waals surface area (Å²) in [7, 11) is 1.31. The Morgan fingerprint density at radius 3 is 2.44 bits per heavy atom. The van der Waals surface area contributed by atoms with Gasteiger partial charge in [-0.05, 0) is 61.7 Å². The Balaban J connectivity index is 1.73. The molecule has 2 aromatic carbocycles. The first-order chi connectivity index (χ1) is 16.3. The van der Waals surface area contributed by atoms with E-state index < -0.39 is 12.0 Å². The normalized spacial score (nSPS) is 11.9. The Bertz CT molecular complexity index is 1400. The number of carbonyl (C=O) groups excluding carboxylic acids is 1. The van der Waals surface area contributed by atoms with Gasteiger partial charge in [0.25, 0.3) is 5.56 Å². The maximum Gasteiger partial charge on any atom is 0.339 e. The first-order valence-electron chi connectivity index (χ1n) is 11.0. The van der Waals surface area contributed by atoms with Crippen LogP contribution in [0.4, 0.5) is 4.39 Å². The average Bonchev–Trinajstić information content (AvgIpc) is 3.25. The molecule has 1 atom stereocenters. The van der Waals surface area contributed by atoms with Gasteiger partial charge in [-0.15, -0.1) is 0 Å². The lowest BCUT2D eigenvalue weighted by Gasteiger charge is -2.18. The lowest BCUT2D eigenvalue weighted by atomic mass is 10.0. The SMILES string of the molecule is COC(=O)c1cc(Cc2ccc(-n3cnc(C)c3)c(C)c2)c(=O)n(C(C)c2ccc(F)cc2)c1. The zero-order chi connectivity index (χ0) is 24.4. The Morgan fingerprint density at radius 2 is 1.82 bits per heavy atom. The Hall–Kier alpha value is -4.00. The van der Waals surface area contributed by atoms with Crippen molar-refractivity contribution in [1.82, 2.24) is 14.1 Å². The second-order valence-corrected chi connectivity index (χ2v) is 8.41. The van der Waals surface area contributed by atoms with E-state index in [0.29, 0.717) is 12.0 Å². The fourth-order valence-corrected chi connectivity index (χ4v) is 4.10. The van der Waals surface area contributed by atoms with Crippen molar-refractivity contribution in [1.29, 1.82) is 0 Å². The van der Waals surface area contributed by atoms with Gasteiger partial charge in [0.05, 0.1) is 30.7 Å². The van der Waals surface area contributed by atoms with Gasteiger partial charge >= 0.3 is 5.97 Å². The molecule has 0 saturated heterocycles. The first kappa shape index (κ1) is 23.2. The molecule has 4 rings (SSSR count). The van der Waals surface area contributed by atoms with E-state index >= 15 is 0 Å². The molecular formula is C27H26FN3O3. The summed E-state index contributed by atoms with van der Waals surface area (Å²) >= 11 is 0. The van der Waals surface area contributed by atoms with Crippen molar-refractivity contribution in [3.63, 3.8) is 0 Å². The van der Waals surface area contributed by atoms with Crippen LogP contribution in [0.3, 0.4) is 0 Å². The number of aryl methyl sites for hydroxylation is 2. The molecule has 2 heterocycles. The predicted molar refractivity (Wildman–Crippen MR) is 128 cm³/mol. The molecule has 174 valence electrons. The molecule has 0 N–H and O–H groups in total. The van der Waals surface area contributed by atoms with Crippen LogP contribution < -0.4 is 5.56 Å². The van der Waals surface area contributed by atoms with E-state index in [-0.39, 0.29) is 16.9 Å². The highest BCUT2D eigenvalue weighted by molar-refractivity contribution is 5.89. The molecule has 0 radical (unpaired) electrons. The number of hydrogen-bond acceptors (Lipinski definition) is 4. The molecule has 4 aromatic rings. The van der Waals surface area contributed by atoms with E-state index in [1.807, 2.05) is 49.7 Å². The molecule has 7 heteroatoms. The summed E-state index contributed by atoms with van der Waals surface area (Å²) in [5, 5.41) is 0. The topological polar surface area (TPSA) is 66.1 Å². The Kier molecular flexibility index (Phi) is 6.45. The van der Waals surface area contributed by atoms with Gasteiger partial charge in [0.1, 0.15) is 5.82 Å². The third kappa shape index (κ3) is 4.69. The summed E-state index contributed by atoms with van der Waals surface area (Å²) in [6.07, 6.45) is 5.58. The molecule has 0 aliphatic heterocycles. The number of aromatic nitrogens is 3. The van der Waals surface area contributed by atoms with Crippen LogP contribution in [0, 0.1) is 19.7 Å². The third-order valence-electron chi connectivity index (χ3n) is 5.95. The Morgan fingerprint density at radius 1 is 1.09 bits per heavy atom. The van der Waals surface area contributed by atoms with Gasteiger partial charge in [-0.25, -0.2) is 14.2 Å². The van der Waals surface area contributed by atoms with Crippen LogP contribution in [0.15, 0.2) is 72.0 Å². The van der Waals surface area contributed by atoms with Crippen LogP contribution in [0.25, 0.3) is 5.69 Å². The number of carbonyl (C=O) groups is 1. The number of ether oxygens (including phenoxy) is 1. The van der Waals surface area contributed by atoms with E-state index in [4.69, 9.17) is 4.74 Å². The number of methoxy groups -OCH3 is 1. The highest BCUT2D eigenvalue weighted by Gasteiger charge is 2.18. The predicted octanol–water partition coefficient (Wildman–Crippen LogP) is 4.78. The molecule has 2 aromatic heterocycles. The minimum Gasteiger partial charge on any atom is -0.465 e. The van der Waals surface area contributed by atoms with E-state index in [1.165, 1.54) is 30.0 Å². The van der Waals surface area contributed by atoms with Gasteiger partial charge in [0.2, 0.25) is 0 Å². The molecule has 0 fully saturated rings. The van der Waals surface area contributed by atoms with E-state index in [1.54, 1.807) is 24.5 Å². The fourth-order valence-electron chi connectivity index (χ4n) is 4.10. The van der Waals surface area contributed by atoms with Crippen molar-refractivity contribution < 1.29 is 13.9 Å². The minimum absolute atomic E-state index is 0.212. The number of pyridine rings is 1. The maximum atomic E-state index is 13.4. The summed E-state index contributed by atoms with van der Waals surface area (Å²) in [4.78, 5) is 30.0. The largest absolute Gasteiger partial charge is 0.465 e. The van der Waals surface area contributed by atoms with Gasteiger partial charge in [0, 0.05) is 30.1 Å². The highest BCUT2D eigenvalue weighted by atomic mass is 19.1. The Labute approximate surface area is 197 Å². The minimum atomic E-state index is -0.525. The van der Waals surface area contributed by atoms with Crippen molar-refractivity contribution in [3.05, 3.63) is 117 Å². The summed E-state index contributed by atoms with van der Waals surface area (Å²) in [6, 6.07) is 13.2. The number of rotatable bonds is 6. The summed E-state index contributed by atoms with van der Waals surface area (Å²) in [5.74, 6) is -0.875. The molecule has 0 aliphatic carbocycles. The first-order valence-corrected chi connectivity index (χ1v) is 11.0. The summed E-state index contributed by atoms with van der Waals surface area (Å²) < 4.78 is 21.8. The number of hydrogen-bond donors (Lipinski definition) is 0. The zero-order valence-corrected chi connectivity index (χ0v) is 19.6. The standard InChI is InChI=1S/C27H26FN3O3/c1-17-11-20(5-10-25(17)30-14-18(2)29-16-30)12-22-13-23(27(33)34-4)15-31(26(22)32)19(3)21-6-8-24(28)9-7-21/h5-11,13-16,19H,12H2,1-4H3. The van der Waals surface area contributed by atoms with Gasteiger partial charge in [-0.1, -0.05) is 24.3 Å². The molecule has 0 spiro atoms. The van der Waals surface area contributed by atoms with E-state index in [9.17, 15) is 14.0 Å². The van der Waals surface area contributed by atoms with Gasteiger partial charge in [-0.2, -0.15) is 0 Å². The maximum absolute atomic E-state index is 13.4. The second kappa shape index (κ2) is 9.47. The molecule has 0 saturated carbocycles. The van der Waals surface area contributed by atoms with Crippen molar-refractivity contribution >= 4 is 5.97 Å². The van der Waals surface area contributed by atoms with Crippen molar-refractivity contribution in [2.75, 3.05) is 7.11 Å². The smallest absolute Gasteiger partial charge is 0.339 e. The molecule has 1 unspecified atom stereocenters. The molecule has 0 aliphatic rings. The van der Waals surface area contributed by atoms with Crippen molar-refractivity contribution in [2.24, 2.45) is 0 Å². The number of imidazole rings is 1. The van der Waals surface area contributed by atoms with Crippen LogP contribution in [-0.4, -0.2) is 27.2 Å². The number of halogens is 1. The van der Waals surface area contributed by atoms with E-state index in [2.05, 4.69) is 4.98 Å². The van der Waals surface area contributed by atoms with Crippen molar-refractivity contribution in [2.45, 2.75) is 33.2 Å². The summed E-state index contributed by atoms with van der Waals surface area (Å²) in [5.41, 5.74) is 5.23. The van der Waals surface area contributed by atoms with Gasteiger partial charge in [0.15, 0.2) is 0 Å². The van der Waals surface area contributed by atoms with Gasteiger partial charge < -0.3 is 13.9 Å².